The monoisotopic (exact) mass is 432 g/mol. The van der Waals surface area contributed by atoms with Crippen LogP contribution >= 0.6 is 0 Å². The van der Waals surface area contributed by atoms with E-state index in [9.17, 15) is 9.59 Å². The van der Waals surface area contributed by atoms with Crippen LogP contribution in [0.5, 0.6) is 5.75 Å². The Bertz CT molecular complexity index is 1130. The summed E-state index contributed by atoms with van der Waals surface area (Å²) in [6, 6.07) is 15.2. The minimum atomic E-state index is -0.154. The van der Waals surface area contributed by atoms with Crippen molar-refractivity contribution in [2.75, 3.05) is 20.2 Å². The molecule has 4 rings (SSSR count). The molecule has 0 aliphatic carbocycles. The third kappa shape index (κ3) is 4.51. The summed E-state index contributed by atoms with van der Waals surface area (Å²) in [4.78, 5) is 27.4. The predicted molar refractivity (Wildman–Crippen MR) is 123 cm³/mol. The van der Waals surface area contributed by atoms with Crippen molar-refractivity contribution in [2.24, 2.45) is 0 Å². The van der Waals surface area contributed by atoms with E-state index in [1.54, 1.807) is 19.2 Å². The van der Waals surface area contributed by atoms with Crippen LogP contribution in [0.25, 0.3) is 11.3 Å². The van der Waals surface area contributed by atoms with Crippen LogP contribution in [-0.4, -0.2) is 53.2 Å². The molecule has 7 nitrogen and oxygen atoms in total. The van der Waals surface area contributed by atoms with Crippen LogP contribution in [0.1, 0.15) is 44.8 Å². The van der Waals surface area contributed by atoms with Gasteiger partial charge in [0.05, 0.1) is 18.4 Å². The fourth-order valence-corrected chi connectivity index (χ4v) is 4.16. The number of aromatic amines is 1. The van der Waals surface area contributed by atoms with Gasteiger partial charge >= 0.3 is 0 Å². The zero-order valence-electron chi connectivity index (χ0n) is 18.6. The van der Waals surface area contributed by atoms with Crippen molar-refractivity contribution in [3.05, 3.63) is 70.9 Å². The van der Waals surface area contributed by atoms with Gasteiger partial charge in [-0.05, 0) is 50.5 Å². The number of aryl methyl sites for hydroxylation is 2. The van der Waals surface area contributed by atoms with Crippen LogP contribution in [-0.2, 0) is 0 Å². The predicted octanol–water partition coefficient (Wildman–Crippen LogP) is 3.74. The number of nitrogens with zero attached hydrogens (tertiary/aromatic N) is 2. The van der Waals surface area contributed by atoms with Gasteiger partial charge in [0, 0.05) is 24.7 Å². The van der Waals surface area contributed by atoms with Crippen molar-refractivity contribution >= 4 is 11.8 Å². The summed E-state index contributed by atoms with van der Waals surface area (Å²) in [5, 5.41) is 10.3. The lowest BCUT2D eigenvalue weighted by Gasteiger charge is -2.32. The lowest BCUT2D eigenvalue weighted by Crippen LogP contribution is -2.46. The van der Waals surface area contributed by atoms with Gasteiger partial charge in [-0.2, -0.15) is 5.10 Å². The lowest BCUT2D eigenvalue weighted by atomic mass is 10.0. The SMILES string of the molecule is COc1ccccc1C(=O)NC1CCN(C(=O)c2cc(-c3ccc(C)cc3C)n[nH]2)CC1. The number of carbonyl (C=O) groups excluding carboxylic acids is 2. The zero-order valence-corrected chi connectivity index (χ0v) is 18.6. The van der Waals surface area contributed by atoms with Crippen LogP contribution < -0.4 is 10.1 Å². The second kappa shape index (κ2) is 9.26. The Morgan fingerprint density at radius 1 is 1.09 bits per heavy atom. The number of nitrogens with one attached hydrogen (secondary N) is 2. The molecule has 2 N–H and O–H groups in total. The van der Waals surface area contributed by atoms with Gasteiger partial charge in [0.25, 0.3) is 11.8 Å². The minimum absolute atomic E-state index is 0.0176. The number of methoxy groups -OCH3 is 1. The van der Waals surface area contributed by atoms with E-state index in [0.717, 1.165) is 16.8 Å². The largest absolute Gasteiger partial charge is 0.496 e. The fraction of sp³-hybridized carbons (Fsp3) is 0.320. The van der Waals surface area contributed by atoms with E-state index < -0.39 is 0 Å². The van der Waals surface area contributed by atoms with E-state index in [1.807, 2.05) is 42.2 Å². The lowest BCUT2D eigenvalue weighted by molar-refractivity contribution is 0.0692. The van der Waals surface area contributed by atoms with Crippen LogP contribution in [0.3, 0.4) is 0 Å². The number of aromatic nitrogens is 2. The Labute approximate surface area is 187 Å². The van der Waals surface area contributed by atoms with E-state index >= 15 is 0 Å². The number of ether oxygens (including phenoxy) is 1. The smallest absolute Gasteiger partial charge is 0.271 e. The molecule has 0 spiro atoms. The van der Waals surface area contributed by atoms with Crippen molar-refractivity contribution in [2.45, 2.75) is 32.7 Å². The van der Waals surface area contributed by atoms with E-state index in [2.05, 4.69) is 28.5 Å². The van der Waals surface area contributed by atoms with E-state index in [0.29, 0.717) is 42.9 Å². The Morgan fingerprint density at radius 2 is 1.84 bits per heavy atom. The molecule has 0 radical (unpaired) electrons. The van der Waals surface area contributed by atoms with Gasteiger partial charge < -0.3 is 15.0 Å². The number of H-pyrrole nitrogens is 1. The summed E-state index contributed by atoms with van der Waals surface area (Å²) in [6.45, 7) is 5.25. The molecule has 7 heteroatoms. The summed E-state index contributed by atoms with van der Waals surface area (Å²) in [5.74, 6) is 0.332. The molecule has 1 aromatic heterocycles. The number of amides is 2. The topological polar surface area (TPSA) is 87.3 Å². The highest BCUT2D eigenvalue weighted by molar-refractivity contribution is 5.97. The van der Waals surface area contributed by atoms with Crippen LogP contribution in [0.15, 0.2) is 48.5 Å². The third-order valence-electron chi connectivity index (χ3n) is 5.94. The van der Waals surface area contributed by atoms with Gasteiger partial charge in [-0.25, -0.2) is 0 Å². The second-order valence-corrected chi connectivity index (χ2v) is 8.23. The normalized spacial score (nSPS) is 14.3. The van der Waals surface area contributed by atoms with E-state index in [4.69, 9.17) is 4.74 Å². The van der Waals surface area contributed by atoms with Crippen molar-refractivity contribution in [1.29, 1.82) is 0 Å². The number of rotatable bonds is 5. The number of likely N-dealkylation sites (tertiary alicyclic amines) is 1. The maximum atomic E-state index is 13.0. The Morgan fingerprint density at radius 3 is 2.56 bits per heavy atom. The van der Waals surface area contributed by atoms with Crippen molar-refractivity contribution < 1.29 is 14.3 Å². The molecular weight excluding hydrogens is 404 g/mol. The first-order chi connectivity index (χ1) is 15.5. The molecule has 32 heavy (non-hydrogen) atoms. The first kappa shape index (κ1) is 21.6. The molecule has 1 fully saturated rings. The highest BCUT2D eigenvalue weighted by Gasteiger charge is 2.26. The molecule has 0 atom stereocenters. The number of piperidine rings is 1. The fourth-order valence-electron chi connectivity index (χ4n) is 4.16. The molecule has 2 heterocycles. The Kier molecular flexibility index (Phi) is 6.25. The van der Waals surface area contributed by atoms with Gasteiger partial charge in [-0.15, -0.1) is 0 Å². The maximum absolute atomic E-state index is 13.0. The molecule has 0 saturated carbocycles. The molecule has 2 aromatic carbocycles. The van der Waals surface area contributed by atoms with Crippen LogP contribution in [0.4, 0.5) is 0 Å². The highest BCUT2D eigenvalue weighted by Crippen LogP contribution is 2.24. The summed E-state index contributed by atoms with van der Waals surface area (Å²) in [6.07, 6.45) is 1.40. The van der Waals surface area contributed by atoms with Crippen molar-refractivity contribution in [3.63, 3.8) is 0 Å². The van der Waals surface area contributed by atoms with Crippen molar-refractivity contribution in [3.8, 4) is 17.0 Å². The summed E-state index contributed by atoms with van der Waals surface area (Å²) >= 11 is 0. The van der Waals surface area contributed by atoms with E-state index in [-0.39, 0.29) is 17.9 Å². The average Bonchev–Trinajstić information content (AvgIpc) is 3.29. The van der Waals surface area contributed by atoms with Gasteiger partial charge in [-0.3, -0.25) is 14.7 Å². The average molecular weight is 433 g/mol. The molecule has 1 aliphatic rings. The molecule has 2 amide bonds. The molecule has 0 unspecified atom stereocenters. The van der Waals surface area contributed by atoms with Crippen LogP contribution in [0.2, 0.25) is 0 Å². The number of benzene rings is 2. The van der Waals surface area contributed by atoms with Gasteiger partial charge in [0.1, 0.15) is 11.4 Å². The Hall–Kier alpha value is -3.61. The summed E-state index contributed by atoms with van der Waals surface area (Å²) < 4.78 is 5.28. The van der Waals surface area contributed by atoms with Crippen molar-refractivity contribution in [1.82, 2.24) is 20.4 Å². The minimum Gasteiger partial charge on any atom is -0.496 e. The maximum Gasteiger partial charge on any atom is 0.271 e. The van der Waals surface area contributed by atoms with Crippen LogP contribution in [0, 0.1) is 13.8 Å². The first-order valence-corrected chi connectivity index (χ1v) is 10.8. The molecule has 3 aromatic rings. The Balaban J connectivity index is 1.36. The standard InChI is InChI=1S/C25H28N4O3/c1-16-8-9-19(17(2)14-16)21-15-22(28-27-21)25(31)29-12-10-18(11-13-29)26-24(30)20-6-4-5-7-23(20)32-3/h4-9,14-15,18H,10-13H2,1-3H3,(H,26,30)(H,27,28). The van der Waals surface area contributed by atoms with Gasteiger partial charge in [-0.1, -0.05) is 35.9 Å². The quantitative estimate of drug-likeness (QED) is 0.643. The molecule has 0 bridgehead atoms. The number of hydrogen-bond donors (Lipinski definition) is 2. The van der Waals surface area contributed by atoms with E-state index in [1.165, 1.54) is 5.56 Å². The molecular formula is C25H28N4O3. The molecule has 1 saturated heterocycles. The van der Waals surface area contributed by atoms with Gasteiger partial charge in [0.2, 0.25) is 0 Å². The third-order valence-corrected chi connectivity index (χ3v) is 5.94. The first-order valence-electron chi connectivity index (χ1n) is 10.8. The second-order valence-electron chi connectivity index (χ2n) is 8.23. The van der Waals surface area contributed by atoms with Gasteiger partial charge in [0.15, 0.2) is 0 Å². The number of hydrogen-bond acceptors (Lipinski definition) is 4. The zero-order chi connectivity index (χ0) is 22.7. The summed E-state index contributed by atoms with van der Waals surface area (Å²) in [5.41, 5.74) is 5.11. The molecule has 166 valence electrons. The number of carbonyl (C=O) groups is 2. The molecule has 1 aliphatic heterocycles. The highest BCUT2D eigenvalue weighted by atomic mass is 16.5. The number of para-hydroxylation sites is 1. The summed E-state index contributed by atoms with van der Waals surface area (Å²) in [7, 11) is 1.55.